The Labute approximate surface area is 195 Å². The molecule has 2 atom stereocenters. The lowest BCUT2D eigenvalue weighted by molar-refractivity contribution is -0.142. The molecule has 34 heavy (non-hydrogen) atoms. The second kappa shape index (κ2) is 8.96. The first-order valence-corrected chi connectivity index (χ1v) is 11.6. The molecule has 10 nitrogen and oxygen atoms in total. The molecule has 0 radical (unpaired) electrons. The number of fused-ring (bicyclic) bond motifs is 1. The highest BCUT2D eigenvalue weighted by atomic mass is 19.1. The van der Waals surface area contributed by atoms with Crippen LogP contribution in [0.2, 0.25) is 0 Å². The summed E-state index contributed by atoms with van der Waals surface area (Å²) in [5.41, 5.74) is 0.189. The van der Waals surface area contributed by atoms with Crippen molar-refractivity contribution in [1.82, 2.24) is 34.8 Å². The van der Waals surface area contributed by atoms with E-state index in [1.165, 1.54) is 28.4 Å². The first kappa shape index (κ1) is 22.2. The van der Waals surface area contributed by atoms with Crippen molar-refractivity contribution in [3.8, 4) is 5.82 Å². The lowest BCUT2D eigenvalue weighted by Gasteiger charge is -2.38. The van der Waals surface area contributed by atoms with Crippen molar-refractivity contribution in [1.29, 1.82) is 0 Å². The van der Waals surface area contributed by atoms with Gasteiger partial charge in [-0.1, -0.05) is 25.0 Å². The van der Waals surface area contributed by atoms with Gasteiger partial charge in [-0.05, 0) is 18.8 Å². The first-order valence-electron chi connectivity index (χ1n) is 11.6. The molecule has 2 unspecified atom stereocenters. The van der Waals surface area contributed by atoms with E-state index in [2.05, 4.69) is 27.2 Å². The van der Waals surface area contributed by atoms with Gasteiger partial charge in [0.25, 0.3) is 11.7 Å². The minimum atomic E-state index is -0.804. The molecule has 1 aliphatic heterocycles. The minimum Gasteiger partial charge on any atom is -0.357 e. The van der Waals surface area contributed by atoms with Gasteiger partial charge in [0, 0.05) is 38.3 Å². The number of pyridine rings is 1. The van der Waals surface area contributed by atoms with Crippen LogP contribution in [0.3, 0.4) is 0 Å². The molecule has 1 saturated carbocycles. The number of nitrogens with zero attached hydrogens (tertiary/aromatic N) is 6. The summed E-state index contributed by atoms with van der Waals surface area (Å²) in [5.74, 6) is -1.40. The van der Waals surface area contributed by atoms with Crippen molar-refractivity contribution >= 4 is 28.5 Å². The summed E-state index contributed by atoms with van der Waals surface area (Å²) >= 11 is 0. The summed E-state index contributed by atoms with van der Waals surface area (Å²) in [6.07, 6.45) is 9.53. The maximum absolute atomic E-state index is 14.7. The lowest BCUT2D eigenvalue weighted by atomic mass is 9.79. The lowest BCUT2D eigenvalue weighted by Crippen LogP contribution is -2.54. The molecular weight excluding hydrogens is 441 g/mol. The number of aromatic amines is 1. The maximum atomic E-state index is 14.7. The van der Waals surface area contributed by atoms with Gasteiger partial charge in [0.15, 0.2) is 11.6 Å². The summed E-state index contributed by atoms with van der Waals surface area (Å²) in [6.45, 7) is 3.46. The number of carbonyl (C=O) groups is 3. The molecule has 0 aromatic carbocycles. The van der Waals surface area contributed by atoms with Gasteiger partial charge >= 0.3 is 0 Å². The molecule has 11 heteroatoms. The second-order valence-electron chi connectivity index (χ2n) is 9.04. The predicted octanol–water partition coefficient (Wildman–Crippen LogP) is 1.96. The number of carbonyl (C=O) groups excluding carboxylic acids is 3. The normalized spacial score (nSPS) is 21.1. The highest BCUT2D eigenvalue weighted by Gasteiger charge is 2.35. The summed E-state index contributed by atoms with van der Waals surface area (Å²) in [4.78, 5) is 49.1. The number of aromatic nitrogens is 5. The fourth-order valence-electron chi connectivity index (χ4n) is 5.08. The standard InChI is InChI=1S/C23H26FN7O3/c1-14-4-2-3-5-15(14)22(33)29-8-10-30(11-9-29)23(34)20(32)16-12-25-19-18(16)17(24)13-26-21(19)31-7-6-27-28-31/h6-7,12-15,25H,2-5,8-11H2,1H3. The third-order valence-corrected chi connectivity index (χ3v) is 7.03. The van der Waals surface area contributed by atoms with Gasteiger partial charge in [-0.3, -0.25) is 14.4 Å². The van der Waals surface area contributed by atoms with Gasteiger partial charge in [-0.25, -0.2) is 14.1 Å². The first-order chi connectivity index (χ1) is 16.5. The van der Waals surface area contributed by atoms with E-state index in [0.717, 1.165) is 25.5 Å². The number of ketones is 1. The zero-order valence-electron chi connectivity index (χ0n) is 18.9. The van der Waals surface area contributed by atoms with E-state index in [0.29, 0.717) is 19.0 Å². The molecule has 1 N–H and O–H groups in total. The molecular formula is C23H26FN7O3. The van der Waals surface area contributed by atoms with Crippen molar-refractivity contribution in [2.45, 2.75) is 32.6 Å². The average molecular weight is 468 g/mol. The molecule has 1 aliphatic carbocycles. The monoisotopic (exact) mass is 467 g/mol. The second-order valence-corrected chi connectivity index (χ2v) is 9.04. The number of rotatable bonds is 4. The van der Waals surface area contributed by atoms with Crippen molar-refractivity contribution in [3.63, 3.8) is 0 Å². The number of hydrogen-bond acceptors (Lipinski definition) is 6. The Hall–Kier alpha value is -3.63. The Balaban J connectivity index is 1.30. The average Bonchev–Trinajstić information content (AvgIpc) is 3.55. The largest absolute Gasteiger partial charge is 0.357 e. The number of nitrogens with one attached hydrogen (secondary N) is 1. The van der Waals surface area contributed by atoms with E-state index in [1.807, 2.05) is 4.90 Å². The van der Waals surface area contributed by atoms with Gasteiger partial charge in [0.05, 0.1) is 35.1 Å². The third-order valence-electron chi connectivity index (χ3n) is 7.03. The summed E-state index contributed by atoms with van der Waals surface area (Å²) in [5, 5.41) is 7.56. The van der Waals surface area contributed by atoms with E-state index in [-0.39, 0.29) is 47.2 Å². The molecule has 3 aromatic heterocycles. The minimum absolute atomic E-state index is 0.0149. The Morgan fingerprint density at radius 1 is 1.09 bits per heavy atom. The van der Waals surface area contributed by atoms with Crippen LogP contribution in [-0.4, -0.2) is 78.5 Å². The summed E-state index contributed by atoms with van der Waals surface area (Å²) < 4.78 is 16.0. The van der Waals surface area contributed by atoms with Crippen LogP contribution in [0.4, 0.5) is 4.39 Å². The smallest absolute Gasteiger partial charge is 0.295 e. The van der Waals surface area contributed by atoms with Gasteiger partial charge in [0.2, 0.25) is 5.91 Å². The van der Waals surface area contributed by atoms with E-state index >= 15 is 0 Å². The van der Waals surface area contributed by atoms with Crippen LogP contribution in [0.25, 0.3) is 16.7 Å². The number of amides is 2. The quantitative estimate of drug-likeness (QED) is 0.463. The highest BCUT2D eigenvalue weighted by molar-refractivity contribution is 6.45. The molecule has 2 amide bonds. The third kappa shape index (κ3) is 3.84. The summed E-state index contributed by atoms with van der Waals surface area (Å²) in [7, 11) is 0. The van der Waals surface area contributed by atoms with E-state index < -0.39 is 17.5 Å². The van der Waals surface area contributed by atoms with Crippen LogP contribution in [-0.2, 0) is 9.59 Å². The van der Waals surface area contributed by atoms with E-state index in [4.69, 9.17) is 0 Å². The van der Waals surface area contributed by atoms with Crippen LogP contribution < -0.4 is 0 Å². The molecule has 2 fully saturated rings. The van der Waals surface area contributed by atoms with Crippen molar-refractivity contribution in [3.05, 3.63) is 36.2 Å². The molecule has 178 valence electrons. The molecule has 4 heterocycles. The zero-order chi connectivity index (χ0) is 23.8. The number of piperazine rings is 1. The van der Waals surface area contributed by atoms with E-state index in [1.54, 1.807) is 6.20 Å². The Morgan fingerprint density at radius 3 is 2.53 bits per heavy atom. The molecule has 5 rings (SSSR count). The Bertz CT molecular complexity index is 1230. The number of Topliss-reactive ketones (excluding diaryl/α,β-unsaturated/α-hetero) is 1. The van der Waals surface area contributed by atoms with Crippen LogP contribution in [0, 0.1) is 17.7 Å². The van der Waals surface area contributed by atoms with Gasteiger partial charge in [-0.15, -0.1) is 5.10 Å². The molecule has 0 bridgehead atoms. The predicted molar refractivity (Wildman–Crippen MR) is 120 cm³/mol. The zero-order valence-corrected chi connectivity index (χ0v) is 18.9. The number of hydrogen-bond donors (Lipinski definition) is 1. The topological polar surface area (TPSA) is 117 Å². The molecule has 1 saturated heterocycles. The Kier molecular flexibility index (Phi) is 5.84. The van der Waals surface area contributed by atoms with Crippen LogP contribution >= 0.6 is 0 Å². The maximum Gasteiger partial charge on any atom is 0.295 e. The van der Waals surface area contributed by atoms with Crippen molar-refractivity contribution < 1.29 is 18.8 Å². The highest BCUT2D eigenvalue weighted by Crippen LogP contribution is 2.31. The Morgan fingerprint density at radius 2 is 1.82 bits per heavy atom. The fourth-order valence-corrected chi connectivity index (χ4v) is 5.08. The van der Waals surface area contributed by atoms with Crippen LogP contribution in [0.5, 0.6) is 0 Å². The number of H-pyrrole nitrogens is 1. The van der Waals surface area contributed by atoms with Gasteiger partial charge < -0.3 is 14.8 Å². The van der Waals surface area contributed by atoms with Crippen LogP contribution in [0.1, 0.15) is 43.0 Å². The fraction of sp³-hybridized carbons (Fsp3) is 0.478. The van der Waals surface area contributed by atoms with Crippen molar-refractivity contribution in [2.24, 2.45) is 11.8 Å². The van der Waals surface area contributed by atoms with Gasteiger partial charge in [-0.2, -0.15) is 0 Å². The SMILES string of the molecule is CC1CCCCC1C(=O)N1CCN(C(=O)C(=O)c2c[nH]c3c(-n4ccnn4)ncc(F)c23)CC1. The molecule has 3 aromatic rings. The van der Waals surface area contributed by atoms with Crippen LogP contribution in [0.15, 0.2) is 24.8 Å². The number of halogens is 1. The van der Waals surface area contributed by atoms with Crippen molar-refractivity contribution in [2.75, 3.05) is 26.2 Å². The van der Waals surface area contributed by atoms with E-state index in [9.17, 15) is 18.8 Å². The molecule has 0 spiro atoms. The van der Waals surface area contributed by atoms with Gasteiger partial charge in [0.1, 0.15) is 0 Å². The molecule has 2 aliphatic rings. The summed E-state index contributed by atoms with van der Waals surface area (Å²) in [6, 6.07) is 0.